The number of hydrogen-bond acceptors (Lipinski definition) is 3. The Morgan fingerprint density at radius 3 is 2.65 bits per heavy atom. The molecule has 2 amide bonds. The maximum atomic E-state index is 12.2. The van der Waals surface area contributed by atoms with Gasteiger partial charge in [0.15, 0.2) is 0 Å². The van der Waals surface area contributed by atoms with Crippen LogP contribution < -0.4 is 11.1 Å². The third-order valence-electron chi connectivity index (χ3n) is 3.52. The number of nitrogens with two attached hydrogens (primary N) is 1. The highest BCUT2D eigenvalue weighted by molar-refractivity contribution is 5.72. The van der Waals surface area contributed by atoms with Gasteiger partial charge in [0, 0.05) is 19.1 Å². The van der Waals surface area contributed by atoms with Crippen molar-refractivity contribution in [2.75, 3.05) is 19.6 Å². The smallest absolute Gasteiger partial charge is 0.393 e. The predicted molar refractivity (Wildman–Crippen MR) is 68.0 cm³/mol. The number of carbonyl (C=O) groups is 1. The Kier molecular flexibility index (Phi) is 6.07. The summed E-state index contributed by atoms with van der Waals surface area (Å²) in [5.74, 6) is -0.0445. The fourth-order valence-electron chi connectivity index (χ4n) is 2.51. The molecule has 1 fully saturated rings. The number of nitrogens with one attached hydrogen (secondary N) is 1. The van der Waals surface area contributed by atoms with Crippen molar-refractivity contribution in [1.82, 2.24) is 10.2 Å². The summed E-state index contributed by atoms with van der Waals surface area (Å²) in [5.41, 5.74) is 5.21. The minimum atomic E-state index is -4.28. The zero-order valence-corrected chi connectivity index (χ0v) is 11.5. The van der Waals surface area contributed by atoms with Crippen LogP contribution >= 0.6 is 0 Å². The third-order valence-corrected chi connectivity index (χ3v) is 3.52. The number of piperidine rings is 1. The average Bonchev–Trinajstić information content (AvgIpc) is 2.35. The standard InChI is InChI=1S/C12H22F3N3O2/c1-2-10(19)4-8-3-9(17-7-12(13,14)15)6-18(5-8)11(16)20/h8-10,17,19H,2-7H2,1H3,(H2,16,20). The summed E-state index contributed by atoms with van der Waals surface area (Å²) in [5, 5.41) is 12.1. The second kappa shape index (κ2) is 7.12. The first kappa shape index (κ1) is 17.0. The lowest BCUT2D eigenvalue weighted by molar-refractivity contribution is -0.127. The van der Waals surface area contributed by atoms with Gasteiger partial charge in [-0.25, -0.2) is 4.79 Å². The van der Waals surface area contributed by atoms with Crippen LogP contribution in [0.3, 0.4) is 0 Å². The van der Waals surface area contributed by atoms with Crippen molar-refractivity contribution in [1.29, 1.82) is 0 Å². The van der Waals surface area contributed by atoms with E-state index in [1.165, 1.54) is 4.90 Å². The van der Waals surface area contributed by atoms with Crippen LogP contribution in [0.5, 0.6) is 0 Å². The van der Waals surface area contributed by atoms with E-state index in [0.717, 1.165) is 0 Å². The summed E-state index contributed by atoms with van der Waals surface area (Å²) >= 11 is 0. The highest BCUT2D eigenvalue weighted by Crippen LogP contribution is 2.23. The van der Waals surface area contributed by atoms with E-state index in [-0.39, 0.29) is 12.5 Å². The second-order valence-corrected chi connectivity index (χ2v) is 5.34. The van der Waals surface area contributed by atoms with E-state index in [4.69, 9.17) is 5.73 Å². The van der Waals surface area contributed by atoms with Gasteiger partial charge in [0.1, 0.15) is 0 Å². The highest BCUT2D eigenvalue weighted by atomic mass is 19.4. The molecule has 1 rings (SSSR count). The molecule has 4 N–H and O–H groups in total. The summed E-state index contributed by atoms with van der Waals surface area (Å²) < 4.78 is 36.7. The molecule has 1 heterocycles. The number of halogens is 3. The first-order chi connectivity index (χ1) is 9.21. The minimum Gasteiger partial charge on any atom is -0.393 e. The SMILES string of the molecule is CCC(O)CC1CC(NCC(F)(F)F)CN(C(N)=O)C1. The Morgan fingerprint density at radius 2 is 2.15 bits per heavy atom. The molecular formula is C12H22F3N3O2. The van der Waals surface area contributed by atoms with Crippen molar-refractivity contribution in [3.63, 3.8) is 0 Å². The molecule has 0 aromatic carbocycles. The van der Waals surface area contributed by atoms with Crippen molar-refractivity contribution in [3.05, 3.63) is 0 Å². The summed E-state index contributed by atoms with van der Waals surface area (Å²) in [6, 6.07) is -1.09. The molecule has 0 aliphatic carbocycles. The summed E-state index contributed by atoms with van der Waals surface area (Å²) in [6.07, 6.45) is -3.25. The zero-order valence-electron chi connectivity index (χ0n) is 11.5. The summed E-state index contributed by atoms with van der Waals surface area (Å²) in [4.78, 5) is 12.6. The number of aliphatic hydroxyl groups is 1. The minimum absolute atomic E-state index is 0.0445. The number of primary amides is 1. The second-order valence-electron chi connectivity index (χ2n) is 5.34. The van der Waals surface area contributed by atoms with Gasteiger partial charge in [-0.3, -0.25) is 0 Å². The topological polar surface area (TPSA) is 78.6 Å². The Morgan fingerprint density at radius 1 is 1.50 bits per heavy atom. The van der Waals surface area contributed by atoms with Gasteiger partial charge in [0.05, 0.1) is 12.6 Å². The van der Waals surface area contributed by atoms with Gasteiger partial charge in [0.25, 0.3) is 0 Å². The van der Waals surface area contributed by atoms with Crippen LogP contribution in [0.1, 0.15) is 26.2 Å². The Bertz CT molecular complexity index is 326. The predicted octanol–water partition coefficient (Wildman–Crippen LogP) is 1.07. The van der Waals surface area contributed by atoms with Crippen LogP contribution in [0.4, 0.5) is 18.0 Å². The van der Waals surface area contributed by atoms with Gasteiger partial charge >= 0.3 is 12.2 Å². The number of likely N-dealkylation sites (tertiary alicyclic amines) is 1. The molecule has 8 heteroatoms. The number of urea groups is 1. The van der Waals surface area contributed by atoms with E-state index in [9.17, 15) is 23.1 Å². The fraction of sp³-hybridized carbons (Fsp3) is 0.917. The van der Waals surface area contributed by atoms with Crippen LogP contribution in [0.2, 0.25) is 0 Å². The number of rotatable bonds is 5. The van der Waals surface area contributed by atoms with Crippen molar-refractivity contribution in [3.8, 4) is 0 Å². The van der Waals surface area contributed by atoms with E-state index in [1.54, 1.807) is 0 Å². The van der Waals surface area contributed by atoms with Crippen LogP contribution in [0.25, 0.3) is 0 Å². The first-order valence-corrected chi connectivity index (χ1v) is 6.73. The van der Waals surface area contributed by atoms with Crippen molar-refractivity contribution in [2.45, 2.75) is 44.5 Å². The van der Waals surface area contributed by atoms with E-state index in [1.807, 2.05) is 6.92 Å². The van der Waals surface area contributed by atoms with Crippen molar-refractivity contribution >= 4 is 6.03 Å². The molecule has 20 heavy (non-hydrogen) atoms. The molecule has 0 aromatic heterocycles. The number of nitrogens with zero attached hydrogens (tertiary/aromatic N) is 1. The molecule has 3 atom stereocenters. The van der Waals surface area contributed by atoms with Gasteiger partial charge in [-0.15, -0.1) is 0 Å². The maximum absolute atomic E-state index is 12.2. The van der Waals surface area contributed by atoms with Gasteiger partial charge in [-0.2, -0.15) is 13.2 Å². The van der Waals surface area contributed by atoms with Crippen LogP contribution in [0, 0.1) is 5.92 Å². The largest absolute Gasteiger partial charge is 0.401 e. The van der Waals surface area contributed by atoms with Crippen LogP contribution in [-0.4, -0.2) is 54.0 Å². The van der Waals surface area contributed by atoms with E-state index in [2.05, 4.69) is 5.32 Å². The van der Waals surface area contributed by atoms with Crippen molar-refractivity contribution in [2.24, 2.45) is 11.7 Å². The van der Waals surface area contributed by atoms with Gasteiger partial charge in [-0.05, 0) is 25.2 Å². The lowest BCUT2D eigenvalue weighted by Gasteiger charge is -2.38. The molecule has 0 radical (unpaired) electrons. The monoisotopic (exact) mass is 297 g/mol. The number of carbonyl (C=O) groups excluding carboxylic acids is 1. The maximum Gasteiger partial charge on any atom is 0.401 e. The Balaban J connectivity index is 2.58. The van der Waals surface area contributed by atoms with Crippen molar-refractivity contribution < 1.29 is 23.1 Å². The lowest BCUT2D eigenvalue weighted by Crippen LogP contribution is -2.54. The fourth-order valence-corrected chi connectivity index (χ4v) is 2.51. The molecule has 3 unspecified atom stereocenters. The van der Waals surface area contributed by atoms with E-state index < -0.39 is 30.9 Å². The molecule has 1 aliphatic rings. The molecule has 118 valence electrons. The molecular weight excluding hydrogens is 275 g/mol. The highest BCUT2D eigenvalue weighted by Gasteiger charge is 2.33. The zero-order chi connectivity index (χ0) is 15.3. The van der Waals surface area contributed by atoms with Crippen LogP contribution in [-0.2, 0) is 0 Å². The van der Waals surface area contributed by atoms with E-state index >= 15 is 0 Å². The number of alkyl halides is 3. The van der Waals surface area contributed by atoms with Crippen LogP contribution in [0.15, 0.2) is 0 Å². The molecule has 0 bridgehead atoms. The number of amides is 2. The van der Waals surface area contributed by atoms with Gasteiger partial charge < -0.3 is 21.1 Å². The molecule has 0 saturated carbocycles. The molecule has 0 aromatic rings. The summed E-state index contributed by atoms with van der Waals surface area (Å²) in [7, 11) is 0. The molecule has 0 spiro atoms. The number of aliphatic hydroxyl groups excluding tert-OH is 1. The number of hydrogen-bond donors (Lipinski definition) is 3. The molecule has 1 saturated heterocycles. The van der Waals surface area contributed by atoms with Gasteiger partial charge in [-0.1, -0.05) is 6.92 Å². The van der Waals surface area contributed by atoms with Gasteiger partial charge in [0.2, 0.25) is 0 Å². The quantitative estimate of drug-likeness (QED) is 0.710. The Labute approximate surface area is 116 Å². The van der Waals surface area contributed by atoms with E-state index in [0.29, 0.717) is 25.8 Å². The molecule has 5 nitrogen and oxygen atoms in total. The normalized spacial score (nSPS) is 25.6. The third kappa shape index (κ3) is 5.96. The lowest BCUT2D eigenvalue weighted by atomic mass is 9.89. The molecule has 1 aliphatic heterocycles. The average molecular weight is 297 g/mol. The summed E-state index contributed by atoms with van der Waals surface area (Å²) in [6.45, 7) is 1.30. The first-order valence-electron chi connectivity index (χ1n) is 6.73. The Hall–Kier alpha value is -1.02.